The summed E-state index contributed by atoms with van der Waals surface area (Å²) < 4.78 is 0. The molecule has 1 aromatic carbocycles. The van der Waals surface area contributed by atoms with E-state index in [1.54, 1.807) is 0 Å². The summed E-state index contributed by atoms with van der Waals surface area (Å²) >= 11 is 8.03. The van der Waals surface area contributed by atoms with Crippen LogP contribution in [0, 0.1) is 0 Å². The molecule has 1 nitrogen and oxygen atoms in total. The zero-order chi connectivity index (χ0) is 14.7. The van der Waals surface area contributed by atoms with E-state index in [9.17, 15) is 0 Å². The summed E-state index contributed by atoms with van der Waals surface area (Å²) in [5.74, 6) is 1.29. The van der Waals surface area contributed by atoms with Crippen molar-refractivity contribution in [2.75, 3.05) is 13.6 Å². The van der Waals surface area contributed by atoms with E-state index in [0.717, 1.165) is 11.6 Å². The molecule has 3 rings (SSSR count). The van der Waals surface area contributed by atoms with Gasteiger partial charge in [0.1, 0.15) is 0 Å². The molecule has 1 N–H and O–H groups in total. The molecule has 4 heteroatoms. The molecule has 1 heterocycles. The van der Waals surface area contributed by atoms with Crippen molar-refractivity contribution < 1.29 is 0 Å². The average molecular weight is 356 g/mol. The molecule has 0 radical (unpaired) electrons. The maximum Gasteiger partial charge on any atom is 0.0408 e. The van der Waals surface area contributed by atoms with Gasteiger partial charge in [-0.05, 0) is 73.4 Å². The number of benzene rings is 1. The number of fused-ring (bicyclic) bond motifs is 1. The Bertz CT molecular complexity index is 583. The Labute approximate surface area is 148 Å². The van der Waals surface area contributed by atoms with Crippen LogP contribution in [0.25, 0.3) is 0 Å². The van der Waals surface area contributed by atoms with Gasteiger partial charge in [-0.3, -0.25) is 0 Å². The van der Waals surface area contributed by atoms with Crippen molar-refractivity contribution in [3.05, 3.63) is 56.7 Å². The number of thiophene rings is 1. The first-order valence-corrected chi connectivity index (χ1v) is 9.00. The highest BCUT2D eigenvalue weighted by Crippen LogP contribution is 2.40. The summed E-state index contributed by atoms with van der Waals surface area (Å²) in [6.45, 7) is 1.06. The van der Waals surface area contributed by atoms with Crippen molar-refractivity contribution in [1.82, 2.24) is 5.32 Å². The lowest BCUT2D eigenvalue weighted by Gasteiger charge is -2.29. The van der Waals surface area contributed by atoms with Gasteiger partial charge in [0, 0.05) is 22.4 Å². The van der Waals surface area contributed by atoms with Gasteiger partial charge in [0.2, 0.25) is 0 Å². The molecule has 1 aliphatic carbocycles. The smallest absolute Gasteiger partial charge is 0.0408 e. The number of hydrogen-bond donors (Lipinski definition) is 1. The Hall–Kier alpha value is -0.540. The van der Waals surface area contributed by atoms with Crippen LogP contribution >= 0.6 is 35.3 Å². The van der Waals surface area contributed by atoms with Crippen LogP contribution in [0.4, 0.5) is 0 Å². The monoisotopic (exact) mass is 355 g/mol. The molecule has 2 aromatic rings. The minimum atomic E-state index is 0. The van der Waals surface area contributed by atoms with Gasteiger partial charge in [0.25, 0.3) is 0 Å². The number of aryl methyl sites for hydroxylation is 1. The van der Waals surface area contributed by atoms with E-state index in [-0.39, 0.29) is 12.4 Å². The minimum absolute atomic E-state index is 0. The predicted octanol–water partition coefficient (Wildman–Crippen LogP) is 5.64. The highest BCUT2D eigenvalue weighted by atomic mass is 35.5. The average Bonchev–Trinajstić information content (AvgIpc) is 3.01. The van der Waals surface area contributed by atoms with Gasteiger partial charge < -0.3 is 5.32 Å². The van der Waals surface area contributed by atoms with Crippen LogP contribution in [-0.2, 0) is 6.42 Å². The van der Waals surface area contributed by atoms with Crippen LogP contribution in [-0.4, -0.2) is 13.6 Å². The van der Waals surface area contributed by atoms with E-state index in [2.05, 4.69) is 48.1 Å². The van der Waals surface area contributed by atoms with Crippen molar-refractivity contribution in [2.45, 2.75) is 37.5 Å². The topological polar surface area (TPSA) is 12.0 Å². The third-order valence-corrected chi connectivity index (χ3v) is 5.78. The lowest BCUT2D eigenvalue weighted by atomic mass is 9.78. The van der Waals surface area contributed by atoms with Crippen molar-refractivity contribution in [1.29, 1.82) is 0 Å². The summed E-state index contributed by atoms with van der Waals surface area (Å²) in [5, 5.41) is 6.43. The van der Waals surface area contributed by atoms with Crippen LogP contribution in [0.1, 0.15) is 47.1 Å². The Balaban J connectivity index is 0.00000176. The van der Waals surface area contributed by atoms with Gasteiger partial charge >= 0.3 is 0 Å². The Morgan fingerprint density at radius 2 is 2.23 bits per heavy atom. The third kappa shape index (κ3) is 4.05. The maximum absolute atomic E-state index is 6.15. The second-order valence-corrected chi connectivity index (χ2v) is 7.35. The fourth-order valence-corrected chi connectivity index (χ4v) is 4.58. The lowest BCUT2D eigenvalue weighted by molar-refractivity contribution is 0.464. The summed E-state index contributed by atoms with van der Waals surface area (Å²) in [6.07, 6.45) is 5.01. The molecular formula is C18H23Cl2NS. The zero-order valence-electron chi connectivity index (χ0n) is 12.8. The number of hydrogen-bond acceptors (Lipinski definition) is 2. The molecule has 22 heavy (non-hydrogen) atoms. The number of halogens is 2. The van der Waals surface area contributed by atoms with E-state index in [1.165, 1.54) is 41.7 Å². The molecule has 120 valence electrons. The largest absolute Gasteiger partial charge is 0.319 e. The Morgan fingerprint density at radius 1 is 1.36 bits per heavy atom. The van der Waals surface area contributed by atoms with E-state index in [0.29, 0.717) is 11.8 Å². The Kier molecular flexibility index (Phi) is 6.76. The molecule has 2 atom stereocenters. The highest BCUT2D eigenvalue weighted by molar-refractivity contribution is 7.10. The van der Waals surface area contributed by atoms with Gasteiger partial charge in [0.05, 0.1) is 0 Å². The van der Waals surface area contributed by atoms with E-state index < -0.39 is 0 Å². The molecule has 0 aliphatic heterocycles. The molecule has 0 bridgehead atoms. The van der Waals surface area contributed by atoms with E-state index >= 15 is 0 Å². The normalized spacial score (nSPS) is 18.4. The van der Waals surface area contributed by atoms with Crippen molar-refractivity contribution in [3.63, 3.8) is 0 Å². The molecule has 2 unspecified atom stereocenters. The van der Waals surface area contributed by atoms with Crippen LogP contribution < -0.4 is 5.32 Å². The SMILES string of the molecule is CNCC(CC1CCCc2cc(Cl)ccc21)c1cccs1.Cl. The summed E-state index contributed by atoms with van der Waals surface area (Å²) in [6, 6.07) is 10.9. The van der Waals surface area contributed by atoms with Gasteiger partial charge in [-0.25, -0.2) is 0 Å². The summed E-state index contributed by atoms with van der Waals surface area (Å²) in [5.41, 5.74) is 3.00. The molecule has 0 spiro atoms. The number of nitrogens with one attached hydrogen (secondary N) is 1. The standard InChI is InChI=1S/C18H22ClNS.ClH/c1-20-12-15(18-6-3-9-21-18)10-13-4-2-5-14-11-16(19)7-8-17(13)14;/h3,6-9,11,13,15,20H,2,4-5,10,12H2,1H3;1H. The van der Waals surface area contributed by atoms with Crippen molar-refractivity contribution in [2.24, 2.45) is 0 Å². The molecule has 1 aliphatic rings. The minimum Gasteiger partial charge on any atom is -0.319 e. The van der Waals surface area contributed by atoms with Crippen LogP contribution in [0.2, 0.25) is 5.02 Å². The van der Waals surface area contributed by atoms with Crippen LogP contribution in [0.5, 0.6) is 0 Å². The predicted molar refractivity (Wildman–Crippen MR) is 100.0 cm³/mol. The molecule has 0 saturated carbocycles. The zero-order valence-corrected chi connectivity index (χ0v) is 15.2. The Morgan fingerprint density at radius 3 is 2.95 bits per heavy atom. The summed E-state index contributed by atoms with van der Waals surface area (Å²) in [4.78, 5) is 1.51. The maximum atomic E-state index is 6.15. The second-order valence-electron chi connectivity index (χ2n) is 5.94. The quantitative estimate of drug-likeness (QED) is 0.731. The second kappa shape index (κ2) is 8.35. The molecule has 0 saturated heterocycles. The van der Waals surface area contributed by atoms with Gasteiger partial charge in [-0.1, -0.05) is 23.7 Å². The number of likely N-dealkylation sites (N-methyl/N-ethyl adjacent to an activating group) is 1. The van der Waals surface area contributed by atoms with Gasteiger partial charge in [0.15, 0.2) is 0 Å². The summed E-state index contributed by atoms with van der Waals surface area (Å²) in [7, 11) is 2.05. The first-order chi connectivity index (χ1) is 10.3. The van der Waals surface area contributed by atoms with Gasteiger partial charge in [-0.2, -0.15) is 0 Å². The third-order valence-electron chi connectivity index (χ3n) is 4.51. The fourth-order valence-electron chi connectivity index (χ4n) is 3.54. The van der Waals surface area contributed by atoms with Crippen molar-refractivity contribution >= 4 is 35.3 Å². The lowest BCUT2D eigenvalue weighted by Crippen LogP contribution is -2.20. The molecule has 1 aromatic heterocycles. The van der Waals surface area contributed by atoms with Crippen molar-refractivity contribution in [3.8, 4) is 0 Å². The molecule has 0 fully saturated rings. The van der Waals surface area contributed by atoms with Gasteiger partial charge in [-0.15, -0.1) is 23.7 Å². The van der Waals surface area contributed by atoms with E-state index in [4.69, 9.17) is 11.6 Å². The van der Waals surface area contributed by atoms with Crippen LogP contribution in [0.3, 0.4) is 0 Å². The molecule has 0 amide bonds. The number of rotatable bonds is 5. The highest BCUT2D eigenvalue weighted by Gasteiger charge is 2.24. The van der Waals surface area contributed by atoms with E-state index in [1.807, 2.05) is 11.3 Å². The van der Waals surface area contributed by atoms with Crippen LogP contribution in [0.15, 0.2) is 35.7 Å². The fraction of sp³-hybridized carbons (Fsp3) is 0.444. The first-order valence-electron chi connectivity index (χ1n) is 7.74. The first kappa shape index (κ1) is 17.8. The molecular weight excluding hydrogens is 333 g/mol.